The minimum Gasteiger partial charge on any atom is -0.368 e. The number of hydrogen-bond donors (Lipinski definition) is 1. The molecule has 2 heterocycles. The molecule has 11 heteroatoms. The number of piperazine rings is 1. The van der Waals surface area contributed by atoms with Crippen molar-refractivity contribution in [1.29, 1.82) is 0 Å². The number of hydrogen-bond acceptors (Lipinski definition) is 5. The third kappa shape index (κ3) is 7.05. The SMILES string of the molecule is CN=C(NCCS(=O)(=O)N1CCSCC1)N1CCN(c2cccc(Cl)c2)CC1.I. The Morgan fingerprint density at radius 1 is 1.17 bits per heavy atom. The summed E-state index contributed by atoms with van der Waals surface area (Å²) in [5.41, 5.74) is 1.13. The fourth-order valence-corrected chi connectivity index (χ4v) is 6.10. The van der Waals surface area contributed by atoms with Gasteiger partial charge in [-0.25, -0.2) is 12.7 Å². The maximum atomic E-state index is 12.5. The molecule has 0 aliphatic carbocycles. The van der Waals surface area contributed by atoms with Gasteiger partial charge >= 0.3 is 0 Å². The number of sulfonamides is 1. The summed E-state index contributed by atoms with van der Waals surface area (Å²) in [7, 11) is -1.47. The quantitative estimate of drug-likeness (QED) is 0.330. The van der Waals surface area contributed by atoms with Gasteiger partial charge in [-0.05, 0) is 18.2 Å². The van der Waals surface area contributed by atoms with E-state index in [4.69, 9.17) is 11.6 Å². The predicted octanol–water partition coefficient (Wildman–Crippen LogP) is 2.03. The number of guanidine groups is 1. The molecule has 0 amide bonds. The smallest absolute Gasteiger partial charge is 0.215 e. The van der Waals surface area contributed by atoms with E-state index in [0.717, 1.165) is 54.4 Å². The van der Waals surface area contributed by atoms with Crippen molar-refractivity contribution >= 4 is 69.0 Å². The summed E-state index contributed by atoms with van der Waals surface area (Å²) in [6.45, 7) is 4.98. The van der Waals surface area contributed by atoms with Crippen LogP contribution >= 0.6 is 47.3 Å². The van der Waals surface area contributed by atoms with Gasteiger partial charge in [0.2, 0.25) is 10.0 Å². The zero-order valence-corrected chi connectivity index (χ0v) is 21.3. The Kier molecular flexibility index (Phi) is 10.1. The fraction of sp³-hybridized carbons (Fsp3) is 0.611. The van der Waals surface area contributed by atoms with Crippen molar-refractivity contribution in [3.05, 3.63) is 29.3 Å². The molecule has 7 nitrogen and oxygen atoms in total. The van der Waals surface area contributed by atoms with E-state index in [0.29, 0.717) is 19.6 Å². The molecule has 2 saturated heterocycles. The first-order valence-corrected chi connectivity index (χ1v) is 12.7. The van der Waals surface area contributed by atoms with Crippen LogP contribution in [0.5, 0.6) is 0 Å². The van der Waals surface area contributed by atoms with E-state index in [2.05, 4.69) is 26.2 Å². The van der Waals surface area contributed by atoms with Gasteiger partial charge in [0.25, 0.3) is 0 Å². The number of aliphatic imine (C=N–C) groups is 1. The van der Waals surface area contributed by atoms with E-state index < -0.39 is 10.0 Å². The molecule has 1 N–H and O–H groups in total. The molecule has 0 aromatic heterocycles. The molecule has 0 saturated carbocycles. The van der Waals surface area contributed by atoms with Gasteiger partial charge in [0.1, 0.15) is 0 Å². The minimum absolute atomic E-state index is 0. The van der Waals surface area contributed by atoms with Gasteiger partial charge in [-0.15, -0.1) is 24.0 Å². The second kappa shape index (κ2) is 11.8. The molecular weight excluding hydrogens is 545 g/mol. The summed E-state index contributed by atoms with van der Waals surface area (Å²) in [6.07, 6.45) is 0. The highest BCUT2D eigenvalue weighted by Crippen LogP contribution is 2.20. The van der Waals surface area contributed by atoms with E-state index in [1.165, 1.54) is 0 Å². The lowest BCUT2D eigenvalue weighted by Crippen LogP contribution is -2.53. The zero-order chi connectivity index (χ0) is 20.0. The largest absolute Gasteiger partial charge is 0.368 e. The first-order chi connectivity index (χ1) is 13.5. The van der Waals surface area contributed by atoms with Gasteiger partial charge < -0.3 is 15.1 Å². The van der Waals surface area contributed by atoms with Crippen molar-refractivity contribution in [3.63, 3.8) is 0 Å². The van der Waals surface area contributed by atoms with Crippen LogP contribution in [-0.4, -0.2) is 93.7 Å². The highest BCUT2D eigenvalue weighted by molar-refractivity contribution is 14.0. The third-order valence-corrected chi connectivity index (χ3v) is 8.02. The molecular formula is C18H29ClIN5O2S2. The van der Waals surface area contributed by atoms with Crippen LogP contribution in [0.2, 0.25) is 5.02 Å². The average Bonchev–Trinajstić information content (AvgIpc) is 2.72. The third-order valence-electron chi connectivity index (χ3n) is 4.97. The standard InChI is InChI=1S/C18H28ClN5O2S2.HI/c1-20-18(21-5-14-28(25,26)24-10-12-27-13-11-24)23-8-6-22(7-9-23)17-4-2-3-16(19)15-17;/h2-4,15H,5-14H2,1H3,(H,20,21);1H. The van der Waals surface area contributed by atoms with Crippen molar-refractivity contribution in [3.8, 4) is 0 Å². The van der Waals surface area contributed by atoms with E-state index >= 15 is 0 Å². The fourth-order valence-electron chi connectivity index (χ4n) is 3.43. The molecule has 0 bridgehead atoms. The summed E-state index contributed by atoms with van der Waals surface area (Å²) in [5, 5.41) is 3.96. The lowest BCUT2D eigenvalue weighted by molar-refractivity contribution is 0.373. The first-order valence-electron chi connectivity index (χ1n) is 9.51. The van der Waals surface area contributed by atoms with Crippen LogP contribution in [0.25, 0.3) is 0 Å². The van der Waals surface area contributed by atoms with E-state index in [-0.39, 0.29) is 29.7 Å². The van der Waals surface area contributed by atoms with Crippen LogP contribution in [0.3, 0.4) is 0 Å². The van der Waals surface area contributed by atoms with Gasteiger partial charge in [-0.1, -0.05) is 17.7 Å². The van der Waals surface area contributed by atoms with Crippen LogP contribution in [0.1, 0.15) is 0 Å². The van der Waals surface area contributed by atoms with Crippen LogP contribution in [0.4, 0.5) is 5.69 Å². The number of nitrogens with one attached hydrogen (secondary N) is 1. The Labute approximate surface area is 200 Å². The summed E-state index contributed by atoms with van der Waals surface area (Å²) in [4.78, 5) is 8.81. The van der Waals surface area contributed by atoms with Gasteiger partial charge in [-0.2, -0.15) is 11.8 Å². The highest BCUT2D eigenvalue weighted by atomic mass is 127. The van der Waals surface area contributed by atoms with Gasteiger partial charge in [-0.3, -0.25) is 4.99 Å². The van der Waals surface area contributed by atoms with Crippen molar-refractivity contribution in [2.45, 2.75) is 0 Å². The van der Waals surface area contributed by atoms with Crippen LogP contribution in [0, 0.1) is 0 Å². The minimum atomic E-state index is -3.20. The van der Waals surface area contributed by atoms with E-state index in [1.54, 1.807) is 23.1 Å². The maximum Gasteiger partial charge on any atom is 0.215 e. The van der Waals surface area contributed by atoms with Crippen molar-refractivity contribution in [1.82, 2.24) is 14.5 Å². The number of benzene rings is 1. The monoisotopic (exact) mass is 573 g/mol. The number of rotatable bonds is 5. The predicted molar refractivity (Wildman–Crippen MR) is 135 cm³/mol. The summed E-state index contributed by atoms with van der Waals surface area (Å²) < 4.78 is 26.5. The Bertz CT molecular complexity index is 782. The molecule has 0 spiro atoms. The second-order valence-electron chi connectivity index (χ2n) is 6.76. The first kappa shape index (κ1) is 24.8. The molecule has 0 unspecified atom stereocenters. The molecule has 0 radical (unpaired) electrons. The van der Waals surface area contributed by atoms with E-state index in [1.807, 2.05) is 18.2 Å². The molecule has 29 heavy (non-hydrogen) atoms. The summed E-state index contributed by atoms with van der Waals surface area (Å²) >= 11 is 7.90. The Morgan fingerprint density at radius 2 is 1.86 bits per heavy atom. The van der Waals surface area contributed by atoms with Crippen molar-refractivity contribution < 1.29 is 8.42 Å². The highest BCUT2D eigenvalue weighted by Gasteiger charge is 2.24. The molecule has 2 fully saturated rings. The Hall–Kier alpha value is -0.430. The van der Waals surface area contributed by atoms with Gasteiger partial charge in [0.05, 0.1) is 5.75 Å². The number of halogens is 2. The van der Waals surface area contributed by atoms with Crippen LogP contribution in [-0.2, 0) is 10.0 Å². The second-order valence-corrected chi connectivity index (χ2v) is 10.5. The summed E-state index contributed by atoms with van der Waals surface area (Å²) in [6, 6.07) is 7.89. The molecule has 1 aromatic carbocycles. The summed E-state index contributed by atoms with van der Waals surface area (Å²) in [5.74, 6) is 2.62. The molecule has 1 aromatic rings. The van der Waals surface area contributed by atoms with E-state index in [9.17, 15) is 8.42 Å². The zero-order valence-electron chi connectivity index (χ0n) is 16.6. The van der Waals surface area contributed by atoms with Crippen LogP contribution < -0.4 is 10.2 Å². The number of thioether (sulfide) groups is 1. The van der Waals surface area contributed by atoms with Gasteiger partial charge in [0, 0.05) is 75.1 Å². The Balaban J connectivity index is 0.00000300. The normalized spacial score (nSPS) is 19.0. The van der Waals surface area contributed by atoms with Crippen molar-refractivity contribution in [2.24, 2.45) is 4.99 Å². The molecule has 0 atom stereocenters. The van der Waals surface area contributed by atoms with Gasteiger partial charge in [0.15, 0.2) is 5.96 Å². The Morgan fingerprint density at radius 3 is 2.48 bits per heavy atom. The lowest BCUT2D eigenvalue weighted by atomic mass is 10.2. The lowest BCUT2D eigenvalue weighted by Gasteiger charge is -2.37. The van der Waals surface area contributed by atoms with Crippen LogP contribution in [0.15, 0.2) is 29.3 Å². The van der Waals surface area contributed by atoms with Crippen molar-refractivity contribution in [2.75, 3.05) is 75.0 Å². The molecule has 164 valence electrons. The number of nitrogens with zero attached hydrogens (tertiary/aromatic N) is 4. The average molecular weight is 574 g/mol. The topological polar surface area (TPSA) is 68.2 Å². The molecule has 2 aliphatic heterocycles. The molecule has 2 aliphatic rings. The molecule has 3 rings (SSSR count). The number of anilines is 1. The maximum absolute atomic E-state index is 12.5.